The van der Waals surface area contributed by atoms with Crippen LogP contribution in [0.2, 0.25) is 0 Å². The van der Waals surface area contributed by atoms with E-state index in [-0.39, 0.29) is 0 Å². The molecule has 0 N–H and O–H groups in total. The van der Waals surface area contributed by atoms with Gasteiger partial charge in [-0.1, -0.05) is 62.4 Å². The van der Waals surface area contributed by atoms with Gasteiger partial charge in [-0.3, -0.25) is 0 Å². The summed E-state index contributed by atoms with van der Waals surface area (Å²) in [4.78, 5) is 2.64. The summed E-state index contributed by atoms with van der Waals surface area (Å²) in [5, 5.41) is 0. The number of nitrogens with zero attached hydrogens (tertiary/aromatic N) is 1. The Morgan fingerprint density at radius 3 is 2.32 bits per heavy atom. The number of rotatable bonds is 7. The van der Waals surface area contributed by atoms with Crippen LogP contribution in [-0.4, -0.2) is 31.1 Å². The predicted molar refractivity (Wildman–Crippen MR) is 106 cm³/mol. The maximum absolute atomic E-state index is 6.10. The summed E-state index contributed by atoms with van der Waals surface area (Å²) in [5.74, 6) is 2.68. The topological polar surface area (TPSA) is 12.5 Å². The van der Waals surface area contributed by atoms with Crippen molar-refractivity contribution in [3.63, 3.8) is 0 Å². The summed E-state index contributed by atoms with van der Waals surface area (Å²) < 4.78 is 6.10. The number of hydrogen-bond donors (Lipinski definition) is 0. The zero-order valence-electron chi connectivity index (χ0n) is 15.7. The van der Waals surface area contributed by atoms with Crippen LogP contribution in [0.15, 0.2) is 54.6 Å². The van der Waals surface area contributed by atoms with Gasteiger partial charge >= 0.3 is 0 Å². The molecular weight excluding hydrogens is 306 g/mol. The molecule has 2 heteroatoms. The van der Waals surface area contributed by atoms with Crippen LogP contribution >= 0.6 is 0 Å². The molecule has 1 aliphatic heterocycles. The lowest BCUT2D eigenvalue weighted by Crippen LogP contribution is -2.39. The second kappa shape index (κ2) is 9.05. The molecule has 2 aromatic carbocycles. The number of ether oxygens (including phenoxy) is 1. The van der Waals surface area contributed by atoms with E-state index in [2.05, 4.69) is 73.3 Å². The van der Waals surface area contributed by atoms with E-state index in [0.29, 0.717) is 0 Å². The van der Waals surface area contributed by atoms with Gasteiger partial charge in [-0.05, 0) is 49.3 Å². The summed E-state index contributed by atoms with van der Waals surface area (Å²) in [5.41, 5.74) is 2.40. The Kier molecular flexibility index (Phi) is 6.52. The average Bonchev–Trinajstić information content (AvgIpc) is 2.62. The molecular formula is C23H31NO. The molecule has 1 heterocycles. The molecule has 0 spiro atoms. The third kappa shape index (κ3) is 5.34. The fourth-order valence-corrected chi connectivity index (χ4v) is 4.04. The highest BCUT2D eigenvalue weighted by Crippen LogP contribution is 2.29. The number of benzene rings is 2. The lowest BCUT2D eigenvalue weighted by molar-refractivity contribution is 0.137. The number of piperidine rings is 1. The molecule has 1 aliphatic rings. The van der Waals surface area contributed by atoms with Crippen molar-refractivity contribution in [3.05, 3.63) is 54.6 Å². The van der Waals surface area contributed by atoms with Gasteiger partial charge in [0.05, 0.1) is 6.61 Å². The standard InChI is InChI=1S/C23H31NO/c1-19-16-20(2)18-24(17-19)14-8-9-15-25-23-13-7-6-12-22(23)21-10-4-3-5-11-21/h3-7,10-13,19-20H,8-9,14-18H2,1-2H3/t19-,20-/m0/s1. The number of likely N-dealkylation sites (tertiary alicyclic amines) is 1. The largest absolute Gasteiger partial charge is 0.493 e. The molecule has 0 unspecified atom stereocenters. The van der Waals surface area contributed by atoms with Crippen LogP contribution in [0, 0.1) is 11.8 Å². The van der Waals surface area contributed by atoms with Crippen molar-refractivity contribution in [1.29, 1.82) is 0 Å². The fourth-order valence-electron chi connectivity index (χ4n) is 4.04. The molecule has 134 valence electrons. The minimum Gasteiger partial charge on any atom is -0.493 e. The van der Waals surface area contributed by atoms with E-state index in [1.54, 1.807) is 0 Å². The summed E-state index contributed by atoms with van der Waals surface area (Å²) >= 11 is 0. The Labute approximate surface area is 152 Å². The van der Waals surface area contributed by atoms with Gasteiger partial charge in [0, 0.05) is 18.7 Å². The van der Waals surface area contributed by atoms with Crippen LogP contribution in [0.3, 0.4) is 0 Å². The predicted octanol–water partition coefficient (Wildman–Crippen LogP) is 5.49. The Hall–Kier alpha value is -1.80. The van der Waals surface area contributed by atoms with Gasteiger partial charge in [0.1, 0.15) is 5.75 Å². The zero-order chi connectivity index (χ0) is 17.5. The van der Waals surface area contributed by atoms with E-state index in [1.165, 1.54) is 43.6 Å². The average molecular weight is 338 g/mol. The van der Waals surface area contributed by atoms with Crippen LogP contribution in [0.1, 0.15) is 33.1 Å². The van der Waals surface area contributed by atoms with Gasteiger partial charge in [0.2, 0.25) is 0 Å². The minimum atomic E-state index is 0.794. The third-order valence-electron chi connectivity index (χ3n) is 5.04. The molecule has 0 amide bonds. The first-order chi connectivity index (χ1) is 12.2. The monoisotopic (exact) mass is 337 g/mol. The number of hydrogen-bond acceptors (Lipinski definition) is 2. The first-order valence-corrected chi connectivity index (χ1v) is 9.72. The van der Waals surface area contributed by atoms with E-state index in [0.717, 1.165) is 30.6 Å². The summed E-state index contributed by atoms with van der Waals surface area (Å²) in [7, 11) is 0. The Bertz CT molecular complexity index is 630. The molecule has 0 bridgehead atoms. The maximum atomic E-state index is 6.10. The van der Waals surface area contributed by atoms with Gasteiger partial charge in [-0.2, -0.15) is 0 Å². The van der Waals surface area contributed by atoms with Gasteiger partial charge < -0.3 is 9.64 Å². The third-order valence-corrected chi connectivity index (χ3v) is 5.04. The van der Waals surface area contributed by atoms with E-state index in [4.69, 9.17) is 4.74 Å². The second-order valence-corrected chi connectivity index (χ2v) is 7.62. The fraction of sp³-hybridized carbons (Fsp3) is 0.478. The first-order valence-electron chi connectivity index (χ1n) is 9.72. The molecule has 0 aromatic heterocycles. The van der Waals surface area contributed by atoms with E-state index < -0.39 is 0 Å². The lowest BCUT2D eigenvalue weighted by atomic mass is 9.92. The molecule has 2 aromatic rings. The summed E-state index contributed by atoms with van der Waals surface area (Å²) in [6, 6.07) is 18.8. The zero-order valence-corrected chi connectivity index (χ0v) is 15.7. The quantitative estimate of drug-likeness (QED) is 0.619. The van der Waals surface area contributed by atoms with E-state index >= 15 is 0 Å². The van der Waals surface area contributed by atoms with Crippen molar-refractivity contribution >= 4 is 0 Å². The first kappa shape index (κ1) is 18.0. The molecule has 0 saturated carbocycles. The Balaban J connectivity index is 1.45. The van der Waals surface area contributed by atoms with E-state index in [1.807, 2.05) is 0 Å². The van der Waals surface area contributed by atoms with Crippen molar-refractivity contribution in [2.45, 2.75) is 33.1 Å². The Morgan fingerprint density at radius 2 is 1.56 bits per heavy atom. The van der Waals surface area contributed by atoms with Gasteiger partial charge in [-0.25, -0.2) is 0 Å². The van der Waals surface area contributed by atoms with Crippen molar-refractivity contribution in [2.75, 3.05) is 26.2 Å². The van der Waals surface area contributed by atoms with Crippen molar-refractivity contribution in [1.82, 2.24) is 4.90 Å². The van der Waals surface area contributed by atoms with Crippen LogP contribution in [0.5, 0.6) is 5.75 Å². The molecule has 0 aliphatic carbocycles. The normalized spacial score (nSPS) is 21.2. The molecule has 1 fully saturated rings. The van der Waals surface area contributed by atoms with Gasteiger partial charge in [0.15, 0.2) is 0 Å². The summed E-state index contributed by atoms with van der Waals surface area (Å²) in [6.07, 6.45) is 3.71. The van der Waals surface area contributed by atoms with E-state index in [9.17, 15) is 0 Å². The summed E-state index contributed by atoms with van der Waals surface area (Å²) in [6.45, 7) is 9.30. The molecule has 2 atom stereocenters. The van der Waals surface area contributed by atoms with Crippen LogP contribution < -0.4 is 4.74 Å². The smallest absolute Gasteiger partial charge is 0.127 e. The maximum Gasteiger partial charge on any atom is 0.127 e. The SMILES string of the molecule is C[C@H]1C[C@H](C)CN(CCCCOc2ccccc2-c2ccccc2)C1. The highest BCUT2D eigenvalue weighted by Gasteiger charge is 2.20. The molecule has 2 nitrogen and oxygen atoms in total. The molecule has 3 rings (SSSR count). The van der Waals surface area contributed by atoms with Gasteiger partial charge in [0.25, 0.3) is 0 Å². The lowest BCUT2D eigenvalue weighted by Gasteiger charge is -2.34. The van der Waals surface area contributed by atoms with Crippen LogP contribution in [0.25, 0.3) is 11.1 Å². The van der Waals surface area contributed by atoms with Crippen molar-refractivity contribution < 1.29 is 4.74 Å². The van der Waals surface area contributed by atoms with Gasteiger partial charge in [-0.15, -0.1) is 0 Å². The van der Waals surface area contributed by atoms with Crippen LogP contribution in [0.4, 0.5) is 0 Å². The number of para-hydroxylation sites is 1. The number of unbranched alkanes of at least 4 members (excludes halogenated alkanes) is 1. The molecule has 0 radical (unpaired) electrons. The molecule has 1 saturated heterocycles. The highest BCUT2D eigenvalue weighted by atomic mass is 16.5. The van der Waals surface area contributed by atoms with Crippen molar-refractivity contribution in [2.24, 2.45) is 11.8 Å². The van der Waals surface area contributed by atoms with Crippen molar-refractivity contribution in [3.8, 4) is 16.9 Å². The minimum absolute atomic E-state index is 0.794. The van der Waals surface area contributed by atoms with Crippen LogP contribution in [-0.2, 0) is 0 Å². The second-order valence-electron chi connectivity index (χ2n) is 7.62. The molecule has 25 heavy (non-hydrogen) atoms. The highest BCUT2D eigenvalue weighted by molar-refractivity contribution is 5.70. The Morgan fingerprint density at radius 1 is 0.880 bits per heavy atom.